The lowest BCUT2D eigenvalue weighted by Crippen LogP contribution is -2.08. The lowest BCUT2D eigenvalue weighted by Gasteiger charge is -2.08. The Hall–Kier alpha value is -1.42. The first-order chi connectivity index (χ1) is 6.63. The van der Waals surface area contributed by atoms with E-state index in [0.717, 1.165) is 5.69 Å². The molecule has 0 unspecified atom stereocenters. The third-order valence-electron chi connectivity index (χ3n) is 1.91. The zero-order chi connectivity index (χ0) is 10.6. The van der Waals surface area contributed by atoms with Gasteiger partial charge in [-0.15, -0.1) is 0 Å². The van der Waals surface area contributed by atoms with E-state index < -0.39 is 12.1 Å². The Morgan fingerprint density at radius 3 is 2.86 bits per heavy atom. The summed E-state index contributed by atoms with van der Waals surface area (Å²) in [7, 11) is 1.29. The SMILES string of the molecule is COC(=O)C[C@H](O)c1ccc(C)nc1. The highest BCUT2D eigenvalue weighted by Gasteiger charge is 2.12. The smallest absolute Gasteiger partial charge is 0.308 e. The lowest BCUT2D eigenvalue weighted by molar-refractivity contribution is -0.142. The van der Waals surface area contributed by atoms with E-state index >= 15 is 0 Å². The molecule has 1 rings (SSSR count). The van der Waals surface area contributed by atoms with Gasteiger partial charge < -0.3 is 9.84 Å². The molecule has 4 nitrogen and oxygen atoms in total. The molecule has 0 bridgehead atoms. The Kier molecular flexibility index (Phi) is 3.59. The zero-order valence-corrected chi connectivity index (χ0v) is 8.23. The fraction of sp³-hybridized carbons (Fsp3) is 0.400. The van der Waals surface area contributed by atoms with Crippen LogP contribution in [0.4, 0.5) is 0 Å². The Morgan fingerprint density at radius 2 is 2.36 bits per heavy atom. The number of rotatable bonds is 3. The largest absolute Gasteiger partial charge is 0.469 e. The van der Waals surface area contributed by atoms with Crippen LogP contribution < -0.4 is 0 Å². The molecule has 0 amide bonds. The number of hydrogen-bond donors (Lipinski definition) is 1. The van der Waals surface area contributed by atoms with Gasteiger partial charge in [-0.25, -0.2) is 0 Å². The molecule has 0 saturated carbocycles. The fourth-order valence-corrected chi connectivity index (χ4v) is 1.04. The maximum absolute atomic E-state index is 10.9. The second-order valence-electron chi connectivity index (χ2n) is 3.03. The van der Waals surface area contributed by atoms with Crippen LogP contribution >= 0.6 is 0 Å². The van der Waals surface area contributed by atoms with Gasteiger partial charge >= 0.3 is 5.97 Å². The van der Waals surface area contributed by atoms with E-state index in [1.807, 2.05) is 6.92 Å². The summed E-state index contributed by atoms with van der Waals surface area (Å²) < 4.78 is 4.45. The Bertz CT molecular complexity index is 308. The molecule has 0 aliphatic carbocycles. The second-order valence-corrected chi connectivity index (χ2v) is 3.03. The number of esters is 1. The second kappa shape index (κ2) is 4.72. The van der Waals surface area contributed by atoms with Crippen molar-refractivity contribution in [2.45, 2.75) is 19.4 Å². The van der Waals surface area contributed by atoms with Crippen LogP contribution in [0.5, 0.6) is 0 Å². The first-order valence-electron chi connectivity index (χ1n) is 4.31. The zero-order valence-electron chi connectivity index (χ0n) is 8.23. The van der Waals surface area contributed by atoms with Crippen LogP contribution in [0.25, 0.3) is 0 Å². The van der Waals surface area contributed by atoms with Gasteiger partial charge in [-0.2, -0.15) is 0 Å². The summed E-state index contributed by atoms with van der Waals surface area (Å²) in [5.41, 5.74) is 1.50. The number of aliphatic hydroxyl groups excluding tert-OH is 1. The molecular formula is C10H13NO3. The van der Waals surface area contributed by atoms with Crippen molar-refractivity contribution in [3.63, 3.8) is 0 Å². The summed E-state index contributed by atoms with van der Waals surface area (Å²) in [6.07, 6.45) is 0.681. The summed E-state index contributed by atoms with van der Waals surface area (Å²) in [4.78, 5) is 14.9. The van der Waals surface area contributed by atoms with Crippen LogP contribution in [-0.4, -0.2) is 23.2 Å². The van der Waals surface area contributed by atoms with Crippen LogP contribution in [0.15, 0.2) is 18.3 Å². The van der Waals surface area contributed by atoms with Crippen molar-refractivity contribution in [2.24, 2.45) is 0 Å². The minimum atomic E-state index is -0.837. The molecule has 76 valence electrons. The number of ether oxygens (including phenoxy) is 1. The maximum Gasteiger partial charge on any atom is 0.308 e. The first kappa shape index (κ1) is 10.7. The number of aryl methyl sites for hydroxylation is 1. The van der Waals surface area contributed by atoms with Gasteiger partial charge in [0.1, 0.15) is 0 Å². The Balaban J connectivity index is 2.65. The van der Waals surface area contributed by atoms with Crippen LogP contribution in [-0.2, 0) is 9.53 Å². The molecule has 0 aromatic carbocycles. The normalized spacial score (nSPS) is 12.2. The molecule has 0 radical (unpaired) electrons. The lowest BCUT2D eigenvalue weighted by atomic mass is 10.1. The van der Waals surface area contributed by atoms with Gasteiger partial charge in [0.25, 0.3) is 0 Å². The highest BCUT2D eigenvalue weighted by atomic mass is 16.5. The summed E-state index contributed by atoms with van der Waals surface area (Å²) in [5, 5.41) is 9.57. The molecule has 1 N–H and O–H groups in total. The average molecular weight is 195 g/mol. The van der Waals surface area contributed by atoms with Crippen molar-refractivity contribution in [2.75, 3.05) is 7.11 Å². The van der Waals surface area contributed by atoms with E-state index in [1.54, 1.807) is 18.3 Å². The number of methoxy groups -OCH3 is 1. The molecule has 1 atom stereocenters. The molecule has 0 spiro atoms. The van der Waals surface area contributed by atoms with Crippen LogP contribution in [0, 0.1) is 6.92 Å². The predicted molar refractivity (Wildman–Crippen MR) is 50.6 cm³/mol. The number of nitrogens with zero attached hydrogens (tertiary/aromatic N) is 1. The van der Waals surface area contributed by atoms with E-state index in [0.29, 0.717) is 5.56 Å². The van der Waals surface area contributed by atoms with Crippen LogP contribution in [0.3, 0.4) is 0 Å². The number of pyridine rings is 1. The summed E-state index contributed by atoms with van der Waals surface area (Å²) in [6, 6.07) is 3.53. The van der Waals surface area contributed by atoms with Crippen LogP contribution in [0.2, 0.25) is 0 Å². The molecule has 0 aliphatic heterocycles. The number of carbonyl (C=O) groups excluding carboxylic acids is 1. The fourth-order valence-electron chi connectivity index (χ4n) is 1.04. The van der Waals surface area contributed by atoms with Crippen LogP contribution in [0.1, 0.15) is 23.8 Å². The van der Waals surface area contributed by atoms with E-state index in [4.69, 9.17) is 0 Å². The maximum atomic E-state index is 10.9. The molecule has 4 heteroatoms. The van der Waals surface area contributed by atoms with E-state index in [-0.39, 0.29) is 6.42 Å². The van der Waals surface area contributed by atoms with Gasteiger partial charge in [0.2, 0.25) is 0 Å². The van der Waals surface area contributed by atoms with Gasteiger partial charge in [0.15, 0.2) is 0 Å². The van der Waals surface area contributed by atoms with E-state index in [1.165, 1.54) is 7.11 Å². The molecule has 1 aromatic rings. The molecule has 1 heterocycles. The monoisotopic (exact) mass is 195 g/mol. The Morgan fingerprint density at radius 1 is 1.64 bits per heavy atom. The van der Waals surface area contributed by atoms with Crippen molar-refractivity contribution in [1.29, 1.82) is 0 Å². The summed E-state index contributed by atoms with van der Waals surface area (Å²) >= 11 is 0. The molecule has 1 aromatic heterocycles. The third-order valence-corrected chi connectivity index (χ3v) is 1.91. The van der Waals surface area contributed by atoms with Gasteiger partial charge in [-0.1, -0.05) is 6.07 Å². The highest BCUT2D eigenvalue weighted by Crippen LogP contribution is 2.15. The first-order valence-corrected chi connectivity index (χ1v) is 4.31. The van der Waals surface area contributed by atoms with Gasteiger partial charge in [-0.3, -0.25) is 9.78 Å². The van der Waals surface area contributed by atoms with Gasteiger partial charge in [0.05, 0.1) is 19.6 Å². The molecule has 0 fully saturated rings. The van der Waals surface area contributed by atoms with Crippen molar-refractivity contribution < 1.29 is 14.6 Å². The number of carbonyl (C=O) groups is 1. The summed E-state index contributed by atoms with van der Waals surface area (Å²) in [6.45, 7) is 1.86. The average Bonchev–Trinajstić information content (AvgIpc) is 2.18. The minimum absolute atomic E-state index is 0.0404. The topological polar surface area (TPSA) is 59.4 Å². The summed E-state index contributed by atoms with van der Waals surface area (Å²) in [5.74, 6) is -0.432. The standard InChI is InChI=1S/C10H13NO3/c1-7-3-4-8(6-11-7)9(12)5-10(13)14-2/h3-4,6,9,12H,5H2,1-2H3/t9-/m0/s1. The van der Waals surface area contributed by atoms with Crippen molar-refractivity contribution in [1.82, 2.24) is 4.98 Å². The number of hydrogen-bond acceptors (Lipinski definition) is 4. The van der Waals surface area contributed by atoms with E-state index in [9.17, 15) is 9.90 Å². The highest BCUT2D eigenvalue weighted by molar-refractivity contribution is 5.70. The number of aromatic nitrogens is 1. The van der Waals surface area contributed by atoms with Crippen molar-refractivity contribution in [3.05, 3.63) is 29.6 Å². The minimum Gasteiger partial charge on any atom is -0.469 e. The van der Waals surface area contributed by atoms with Gasteiger partial charge in [-0.05, 0) is 18.6 Å². The van der Waals surface area contributed by atoms with E-state index in [2.05, 4.69) is 9.72 Å². The van der Waals surface area contributed by atoms with Crippen molar-refractivity contribution in [3.8, 4) is 0 Å². The van der Waals surface area contributed by atoms with Crippen molar-refractivity contribution >= 4 is 5.97 Å². The molecular weight excluding hydrogens is 182 g/mol. The number of aliphatic hydroxyl groups is 1. The quantitative estimate of drug-likeness (QED) is 0.730. The predicted octanol–water partition coefficient (Wildman–Crippen LogP) is 0.987. The Labute approximate surface area is 82.5 Å². The third kappa shape index (κ3) is 2.81. The molecule has 0 saturated heterocycles. The molecule has 0 aliphatic rings. The molecule has 14 heavy (non-hydrogen) atoms. The van der Waals surface area contributed by atoms with Gasteiger partial charge in [0, 0.05) is 11.9 Å².